The molecule has 0 aliphatic carbocycles. The van der Waals surface area contributed by atoms with Gasteiger partial charge in [-0.15, -0.1) is 0 Å². The summed E-state index contributed by atoms with van der Waals surface area (Å²) in [6.45, 7) is 0. The summed E-state index contributed by atoms with van der Waals surface area (Å²) in [5.74, 6) is 0. The molecule has 0 aromatic carbocycles. The zero-order chi connectivity index (χ0) is 0. The van der Waals surface area contributed by atoms with Crippen molar-refractivity contribution in [1.82, 2.24) is 0 Å². The molecule has 0 unspecified atom stereocenters. The van der Waals surface area contributed by atoms with Crippen LogP contribution in [0, 0.1) is 0 Å². The van der Waals surface area contributed by atoms with Crippen LogP contribution in [0.3, 0.4) is 0 Å². The molecule has 0 rings (SSSR count). The van der Waals surface area contributed by atoms with Gasteiger partial charge in [0.2, 0.25) is 0 Å². The predicted molar refractivity (Wildman–Crippen MR) is 29.5 cm³/mol. The second-order valence-electron chi connectivity index (χ2n) is 0. The van der Waals surface area contributed by atoms with Crippen molar-refractivity contribution in [1.29, 1.82) is 0 Å². The fourth-order valence-electron chi connectivity index (χ4n) is 0. The van der Waals surface area contributed by atoms with Crippen molar-refractivity contribution >= 4 is 64.3 Å². The summed E-state index contributed by atoms with van der Waals surface area (Å²) in [5.41, 5.74) is 0. The van der Waals surface area contributed by atoms with Gasteiger partial charge in [0.05, 0.1) is 0 Å². The Kier molecular flexibility index (Phi) is 188. The third kappa shape index (κ3) is 9.00. The van der Waals surface area contributed by atoms with Crippen LogP contribution in [0.2, 0.25) is 0 Å². The molecule has 0 aromatic rings. The van der Waals surface area contributed by atoms with Crippen LogP contribution in [0.5, 0.6) is 0 Å². The quantitative estimate of drug-likeness (QED) is 0.290. The molecule has 0 atom stereocenters. The van der Waals surface area contributed by atoms with Crippen LogP contribution in [0.15, 0.2) is 0 Å². The van der Waals surface area contributed by atoms with E-state index in [1.54, 1.807) is 0 Å². The van der Waals surface area contributed by atoms with Crippen molar-refractivity contribution in [3.8, 4) is 0 Å². The molecule has 0 spiro atoms. The number of rotatable bonds is 0. The standard InChI is InChI=1S/2Al.FH.Na.7H/h;;1H;;;;;;;;. The number of hydrogen-bond acceptors (Lipinski definition) is 0. The molecule has 0 aliphatic heterocycles. The van der Waals surface area contributed by atoms with Gasteiger partial charge in [0.15, 0.2) is 34.7 Å². The average molecular weight is 104 g/mol. The van der Waals surface area contributed by atoms with Gasteiger partial charge >= 0.3 is 29.6 Å². The normalized spacial score (nSPS) is 0. The fraction of sp³-hybridized carbons (Fsp3) is 0. The Morgan fingerprint density at radius 1 is 0.750 bits per heavy atom. The second kappa shape index (κ2) is 20.0. The zero-order valence-corrected chi connectivity index (χ0v) is 0.408. The van der Waals surface area contributed by atoms with Crippen LogP contribution in [-0.4, -0.2) is 64.3 Å². The van der Waals surface area contributed by atoms with Crippen LogP contribution in [-0.2, 0) is 0 Å². The topological polar surface area (TPSA) is 0 Å². The summed E-state index contributed by atoms with van der Waals surface area (Å²) >= 11 is 0. The van der Waals surface area contributed by atoms with Crippen LogP contribution in [0.25, 0.3) is 0 Å². The van der Waals surface area contributed by atoms with Crippen molar-refractivity contribution in [2.24, 2.45) is 0 Å². The maximum atomic E-state index is 0. The van der Waals surface area contributed by atoms with Gasteiger partial charge < -0.3 is 0 Å². The van der Waals surface area contributed by atoms with Gasteiger partial charge in [-0.1, -0.05) is 0 Å². The molecule has 0 aliphatic rings. The Morgan fingerprint density at radius 3 is 0.750 bits per heavy atom. The SMILES string of the molecule is F.[AlH3].[AlH3].[NaH]. The van der Waals surface area contributed by atoms with Gasteiger partial charge in [-0.2, -0.15) is 0 Å². The van der Waals surface area contributed by atoms with Crippen LogP contribution >= 0.6 is 0 Å². The summed E-state index contributed by atoms with van der Waals surface area (Å²) < 4.78 is 0. The van der Waals surface area contributed by atoms with Crippen LogP contribution in [0.4, 0.5) is 4.70 Å². The maximum absolute atomic E-state index is 0. The Hall–Kier alpha value is 1.99. The predicted octanol–water partition coefficient (Wildman–Crippen LogP) is -2.86. The Bertz CT molecular complexity index is 6.00. The van der Waals surface area contributed by atoms with Crippen molar-refractivity contribution < 1.29 is 4.70 Å². The molecule has 4 heteroatoms. The van der Waals surface area contributed by atoms with Crippen molar-refractivity contribution in [2.75, 3.05) is 0 Å². The Labute approximate surface area is 68.3 Å². The summed E-state index contributed by atoms with van der Waals surface area (Å²) in [4.78, 5) is 0. The minimum absolute atomic E-state index is 0. The van der Waals surface area contributed by atoms with E-state index in [1.165, 1.54) is 0 Å². The first-order chi connectivity index (χ1) is 0. The molecule has 22 valence electrons. The average Bonchev–Trinajstić information content (AvgIpc) is 0. The van der Waals surface area contributed by atoms with E-state index in [4.69, 9.17) is 0 Å². The first-order valence-electron chi connectivity index (χ1n) is 0. The second-order valence-corrected chi connectivity index (χ2v) is 0. The number of halogens is 1. The fourth-order valence-corrected chi connectivity index (χ4v) is 0. The first-order valence-corrected chi connectivity index (χ1v) is 0. The third-order valence-corrected chi connectivity index (χ3v) is 0. The van der Waals surface area contributed by atoms with E-state index >= 15 is 0 Å². The van der Waals surface area contributed by atoms with Crippen molar-refractivity contribution in [2.45, 2.75) is 0 Å². The zero-order valence-electron chi connectivity index (χ0n) is 0.408. The molecule has 0 bridgehead atoms. The van der Waals surface area contributed by atoms with Gasteiger partial charge in [0, 0.05) is 0 Å². The van der Waals surface area contributed by atoms with Crippen molar-refractivity contribution in [3.63, 3.8) is 0 Å². The molecule has 0 amide bonds. The third-order valence-electron chi connectivity index (χ3n) is 0. The molecule has 0 heterocycles. The van der Waals surface area contributed by atoms with Crippen LogP contribution in [0.1, 0.15) is 0 Å². The molecule has 0 N–H and O–H groups in total. The molecule has 0 radical (unpaired) electrons. The summed E-state index contributed by atoms with van der Waals surface area (Å²) in [6, 6.07) is 0. The first kappa shape index (κ1) is 37.6. The van der Waals surface area contributed by atoms with Crippen LogP contribution < -0.4 is 0 Å². The van der Waals surface area contributed by atoms with E-state index in [2.05, 4.69) is 0 Å². The van der Waals surface area contributed by atoms with E-state index in [0.29, 0.717) is 0 Å². The Balaban J connectivity index is 0. The van der Waals surface area contributed by atoms with Gasteiger partial charge in [-0.05, 0) is 0 Å². The summed E-state index contributed by atoms with van der Waals surface area (Å²) in [6.07, 6.45) is 0. The van der Waals surface area contributed by atoms with E-state index in [0.717, 1.165) is 0 Å². The van der Waals surface area contributed by atoms with E-state index < -0.39 is 0 Å². The summed E-state index contributed by atoms with van der Waals surface area (Å²) in [7, 11) is 0. The van der Waals surface area contributed by atoms with Gasteiger partial charge in [-0.3, -0.25) is 4.70 Å². The molecule has 0 aromatic heterocycles. The molecule has 0 saturated heterocycles. The molecule has 0 saturated carbocycles. The Morgan fingerprint density at radius 2 is 0.750 bits per heavy atom. The molecular weight excluding hydrogens is 96.0 g/mol. The van der Waals surface area contributed by atoms with E-state index in [9.17, 15) is 0 Å². The number of hydrogen-bond donors (Lipinski definition) is 0. The van der Waals surface area contributed by atoms with Crippen molar-refractivity contribution in [3.05, 3.63) is 0 Å². The molecule has 4 heavy (non-hydrogen) atoms. The van der Waals surface area contributed by atoms with Gasteiger partial charge in [0.25, 0.3) is 0 Å². The minimum atomic E-state index is 0. The van der Waals surface area contributed by atoms with E-state index in [-0.39, 0.29) is 69.0 Å². The van der Waals surface area contributed by atoms with Gasteiger partial charge in [0.1, 0.15) is 0 Å². The van der Waals surface area contributed by atoms with E-state index in [1.807, 2.05) is 0 Å². The summed E-state index contributed by atoms with van der Waals surface area (Å²) in [5, 5.41) is 0. The monoisotopic (exact) mass is 104 g/mol. The van der Waals surface area contributed by atoms with Gasteiger partial charge in [-0.25, -0.2) is 0 Å². The molecular formula is H8Al2FNa. The molecule has 0 nitrogen and oxygen atoms in total. The molecule has 0 fully saturated rings.